The molecule has 1 fully saturated rings. The van der Waals surface area contributed by atoms with E-state index in [1.54, 1.807) is 44.2 Å². The van der Waals surface area contributed by atoms with Crippen molar-refractivity contribution in [3.63, 3.8) is 0 Å². The lowest BCUT2D eigenvalue weighted by Crippen LogP contribution is -2.43. The number of nitrogens with zero attached hydrogens (tertiary/aromatic N) is 1. The Kier molecular flexibility index (Phi) is 6.98. The Hall–Kier alpha value is -2.39. The summed E-state index contributed by atoms with van der Waals surface area (Å²) in [6, 6.07) is 5.62. The predicted molar refractivity (Wildman–Crippen MR) is 106 cm³/mol. The van der Waals surface area contributed by atoms with Gasteiger partial charge in [0.05, 0.1) is 4.91 Å². The maximum atomic E-state index is 12.5. The van der Waals surface area contributed by atoms with Crippen molar-refractivity contribution < 1.29 is 29.3 Å². The fraction of sp³-hybridized carbons (Fsp3) is 0.333. The van der Waals surface area contributed by atoms with E-state index in [0.717, 1.165) is 16.7 Å². The van der Waals surface area contributed by atoms with Gasteiger partial charge in [-0.2, -0.15) is 0 Å². The number of hydrogen-bond acceptors (Lipinski definition) is 6. The summed E-state index contributed by atoms with van der Waals surface area (Å²) in [6.07, 6.45) is 1.28. The number of aliphatic carboxylic acids is 2. The molecule has 1 heterocycles. The van der Waals surface area contributed by atoms with E-state index < -0.39 is 30.0 Å². The largest absolute Gasteiger partial charge is 0.480 e. The molecule has 2 rings (SSSR count). The SMILES string of the molecule is CCC(Oc1ccc(/C=C2\SC(=S)N(C(CC)C(=O)O)C2=O)cc1)C(=O)O. The van der Waals surface area contributed by atoms with E-state index in [9.17, 15) is 19.5 Å². The average Bonchev–Trinajstić information content (AvgIpc) is 2.89. The van der Waals surface area contributed by atoms with Gasteiger partial charge in [0.1, 0.15) is 16.1 Å². The van der Waals surface area contributed by atoms with Crippen molar-refractivity contribution in [2.75, 3.05) is 0 Å². The Morgan fingerprint density at radius 1 is 1.19 bits per heavy atom. The highest BCUT2D eigenvalue weighted by Gasteiger charge is 2.39. The first-order valence-electron chi connectivity index (χ1n) is 8.27. The van der Waals surface area contributed by atoms with E-state index in [-0.39, 0.29) is 10.7 Å². The average molecular weight is 409 g/mol. The Morgan fingerprint density at radius 3 is 2.30 bits per heavy atom. The van der Waals surface area contributed by atoms with Gasteiger partial charge in [0.25, 0.3) is 5.91 Å². The lowest BCUT2D eigenvalue weighted by Gasteiger charge is -2.21. The van der Waals surface area contributed by atoms with Crippen molar-refractivity contribution >= 4 is 52.2 Å². The first-order chi connectivity index (χ1) is 12.8. The van der Waals surface area contributed by atoms with Crippen molar-refractivity contribution in [1.82, 2.24) is 4.90 Å². The maximum Gasteiger partial charge on any atom is 0.344 e. The molecule has 1 aliphatic heterocycles. The molecule has 1 aromatic rings. The third kappa shape index (κ3) is 4.86. The summed E-state index contributed by atoms with van der Waals surface area (Å²) in [7, 11) is 0. The third-order valence-corrected chi connectivity index (χ3v) is 5.24. The summed E-state index contributed by atoms with van der Waals surface area (Å²) >= 11 is 6.22. The molecule has 0 radical (unpaired) electrons. The van der Waals surface area contributed by atoms with Crippen molar-refractivity contribution in [1.29, 1.82) is 0 Å². The first kappa shape index (κ1) is 20.9. The van der Waals surface area contributed by atoms with Gasteiger partial charge in [-0.25, -0.2) is 9.59 Å². The van der Waals surface area contributed by atoms with Crippen LogP contribution in [-0.2, 0) is 14.4 Å². The summed E-state index contributed by atoms with van der Waals surface area (Å²) < 4.78 is 5.61. The molecular weight excluding hydrogens is 390 g/mol. The Labute approximate surface area is 166 Å². The van der Waals surface area contributed by atoms with Crippen LogP contribution in [0.2, 0.25) is 0 Å². The minimum absolute atomic E-state index is 0.215. The highest BCUT2D eigenvalue weighted by molar-refractivity contribution is 8.26. The number of amides is 1. The van der Waals surface area contributed by atoms with E-state index >= 15 is 0 Å². The van der Waals surface area contributed by atoms with Crippen molar-refractivity contribution in [3.8, 4) is 5.75 Å². The summed E-state index contributed by atoms with van der Waals surface area (Å²) in [5.74, 6) is -2.16. The molecule has 0 spiro atoms. The van der Waals surface area contributed by atoms with Crippen LogP contribution < -0.4 is 4.74 Å². The zero-order valence-corrected chi connectivity index (χ0v) is 16.4. The van der Waals surface area contributed by atoms with Crippen LogP contribution >= 0.6 is 24.0 Å². The maximum absolute atomic E-state index is 12.5. The van der Waals surface area contributed by atoms with Crippen LogP contribution in [0.1, 0.15) is 32.3 Å². The number of benzene rings is 1. The summed E-state index contributed by atoms with van der Waals surface area (Å²) in [6.45, 7) is 3.40. The van der Waals surface area contributed by atoms with Crippen molar-refractivity contribution in [2.45, 2.75) is 38.8 Å². The van der Waals surface area contributed by atoms with E-state index in [4.69, 9.17) is 22.1 Å². The second-order valence-corrected chi connectivity index (χ2v) is 7.41. The van der Waals surface area contributed by atoms with E-state index in [1.807, 2.05) is 0 Å². The van der Waals surface area contributed by atoms with Gasteiger partial charge in [0, 0.05) is 0 Å². The number of rotatable bonds is 8. The lowest BCUT2D eigenvalue weighted by atomic mass is 10.1. The number of carbonyl (C=O) groups excluding carboxylic acids is 1. The highest BCUT2D eigenvalue weighted by Crippen LogP contribution is 2.34. The Bertz CT molecular complexity index is 790. The number of carboxylic acids is 2. The first-order valence-corrected chi connectivity index (χ1v) is 9.50. The molecule has 2 unspecified atom stereocenters. The molecule has 7 nitrogen and oxygen atoms in total. The minimum Gasteiger partial charge on any atom is -0.480 e. The minimum atomic E-state index is -1.10. The zero-order chi connectivity index (χ0) is 20.1. The molecule has 2 N–H and O–H groups in total. The predicted octanol–water partition coefficient (Wildman–Crippen LogP) is 2.99. The van der Waals surface area contributed by atoms with Gasteiger partial charge in [-0.05, 0) is 36.6 Å². The molecule has 1 aromatic carbocycles. The molecule has 0 aliphatic carbocycles. The van der Waals surface area contributed by atoms with E-state index in [2.05, 4.69) is 0 Å². The lowest BCUT2D eigenvalue weighted by molar-refractivity contribution is -0.145. The van der Waals surface area contributed by atoms with Gasteiger partial charge in [0.2, 0.25) is 0 Å². The van der Waals surface area contributed by atoms with E-state index in [1.165, 1.54) is 0 Å². The second-order valence-electron chi connectivity index (χ2n) is 5.74. The van der Waals surface area contributed by atoms with Gasteiger partial charge >= 0.3 is 11.9 Å². The monoisotopic (exact) mass is 409 g/mol. The summed E-state index contributed by atoms with van der Waals surface area (Å²) in [4.78, 5) is 36.4. The van der Waals surface area contributed by atoms with E-state index in [0.29, 0.717) is 22.6 Å². The molecule has 9 heteroatoms. The molecule has 1 saturated heterocycles. The van der Waals surface area contributed by atoms with Crippen LogP contribution in [0.15, 0.2) is 29.2 Å². The molecule has 1 aliphatic rings. The number of hydrogen-bond donors (Lipinski definition) is 2. The number of carbonyl (C=O) groups is 3. The molecule has 0 bridgehead atoms. The fourth-order valence-electron chi connectivity index (χ4n) is 2.48. The summed E-state index contributed by atoms with van der Waals surface area (Å²) in [5.41, 5.74) is 0.689. The van der Waals surface area contributed by atoms with Gasteiger partial charge in [-0.15, -0.1) is 0 Å². The van der Waals surface area contributed by atoms with Crippen molar-refractivity contribution in [2.24, 2.45) is 0 Å². The van der Waals surface area contributed by atoms with Crippen LogP contribution in [0.4, 0.5) is 0 Å². The normalized spacial score (nSPS) is 17.9. The summed E-state index contributed by atoms with van der Waals surface area (Å²) in [5, 5.41) is 18.3. The standard InChI is InChI=1S/C18H19NO6S2/c1-3-12(16(21)22)19-15(20)14(27-18(19)26)9-10-5-7-11(8-6-10)25-13(4-2)17(23)24/h5-9,12-13H,3-4H2,1-2H3,(H,21,22)(H,23,24)/b14-9-. The van der Waals surface area contributed by atoms with Crippen LogP contribution in [0, 0.1) is 0 Å². The Morgan fingerprint density at radius 2 is 1.81 bits per heavy atom. The molecule has 144 valence electrons. The Balaban J connectivity index is 2.17. The number of thioether (sulfide) groups is 1. The smallest absolute Gasteiger partial charge is 0.344 e. The molecule has 0 aromatic heterocycles. The molecule has 0 saturated carbocycles. The van der Waals surface area contributed by atoms with Gasteiger partial charge in [0.15, 0.2) is 6.10 Å². The number of ether oxygens (including phenoxy) is 1. The second kappa shape index (κ2) is 9.01. The molecule has 2 atom stereocenters. The van der Waals surface area contributed by atoms with Crippen LogP contribution in [-0.4, -0.2) is 49.4 Å². The zero-order valence-electron chi connectivity index (χ0n) is 14.7. The molecule has 27 heavy (non-hydrogen) atoms. The van der Waals surface area contributed by atoms with Gasteiger partial charge in [-0.3, -0.25) is 9.69 Å². The van der Waals surface area contributed by atoms with Crippen LogP contribution in [0.25, 0.3) is 6.08 Å². The topological polar surface area (TPSA) is 104 Å². The fourth-order valence-corrected chi connectivity index (χ4v) is 3.84. The van der Waals surface area contributed by atoms with Gasteiger partial charge < -0.3 is 14.9 Å². The number of thiocarbonyl (C=S) groups is 1. The van der Waals surface area contributed by atoms with Crippen LogP contribution in [0.5, 0.6) is 5.75 Å². The highest BCUT2D eigenvalue weighted by atomic mass is 32.2. The quantitative estimate of drug-likeness (QED) is 0.499. The van der Waals surface area contributed by atoms with Crippen LogP contribution in [0.3, 0.4) is 0 Å². The van der Waals surface area contributed by atoms with Crippen molar-refractivity contribution in [3.05, 3.63) is 34.7 Å². The third-order valence-electron chi connectivity index (χ3n) is 3.91. The van der Waals surface area contributed by atoms with Gasteiger partial charge in [-0.1, -0.05) is 50.0 Å². The molecular formula is C18H19NO6S2. The number of carboxylic acid groups (broad SMARTS) is 2. The molecule has 1 amide bonds.